The fourth-order valence-corrected chi connectivity index (χ4v) is 3.19. The van der Waals surface area contributed by atoms with Crippen molar-refractivity contribution in [1.29, 1.82) is 5.26 Å². The Hall–Kier alpha value is -2.00. The molecular weight excluding hydrogens is 351 g/mol. The summed E-state index contributed by atoms with van der Waals surface area (Å²) in [4.78, 5) is 4.44. The fraction of sp³-hybridized carbons (Fsp3) is 0.0625. The highest BCUT2D eigenvalue weighted by atomic mass is 35.5. The van der Waals surface area contributed by atoms with Crippen molar-refractivity contribution in [2.75, 3.05) is 0 Å². The Bertz CT molecular complexity index is 869. The number of aromatic amines is 1. The molecule has 0 atom stereocenters. The molecule has 114 valence electrons. The lowest BCUT2D eigenvalue weighted by Gasteiger charge is -2.00. The quantitative estimate of drug-likeness (QED) is 0.669. The lowest BCUT2D eigenvalue weighted by Crippen LogP contribution is -1.84. The summed E-state index contributed by atoms with van der Waals surface area (Å²) in [7, 11) is 0. The first-order valence-electron chi connectivity index (χ1n) is 6.65. The van der Waals surface area contributed by atoms with Crippen LogP contribution < -0.4 is 0 Å². The second-order valence-corrected chi connectivity index (χ2v) is 6.47. The van der Waals surface area contributed by atoms with Gasteiger partial charge in [0.15, 0.2) is 5.82 Å². The highest BCUT2D eigenvalue weighted by Crippen LogP contribution is 2.29. The van der Waals surface area contributed by atoms with Crippen LogP contribution >= 0.6 is 35.0 Å². The van der Waals surface area contributed by atoms with Crippen LogP contribution in [-0.2, 0) is 5.75 Å². The van der Waals surface area contributed by atoms with Crippen molar-refractivity contribution in [3.8, 4) is 17.5 Å². The number of benzene rings is 2. The molecule has 0 aliphatic carbocycles. The van der Waals surface area contributed by atoms with E-state index in [0.717, 1.165) is 16.9 Å². The van der Waals surface area contributed by atoms with Crippen LogP contribution in [0.4, 0.5) is 0 Å². The normalized spacial score (nSPS) is 10.5. The van der Waals surface area contributed by atoms with E-state index < -0.39 is 0 Å². The average Bonchev–Trinajstić information content (AvgIpc) is 3.02. The molecule has 0 unspecified atom stereocenters. The second-order valence-electron chi connectivity index (χ2n) is 4.69. The topological polar surface area (TPSA) is 65.4 Å². The zero-order chi connectivity index (χ0) is 16.2. The molecule has 2 aromatic carbocycles. The molecule has 1 aromatic heterocycles. The van der Waals surface area contributed by atoms with E-state index in [2.05, 4.69) is 21.3 Å². The maximum Gasteiger partial charge on any atom is 0.209 e. The fourth-order valence-electron chi connectivity index (χ4n) is 1.94. The number of halogens is 2. The lowest BCUT2D eigenvalue weighted by molar-refractivity contribution is 0.973. The van der Waals surface area contributed by atoms with Gasteiger partial charge in [-0.25, -0.2) is 4.98 Å². The molecule has 0 aliphatic heterocycles. The van der Waals surface area contributed by atoms with E-state index >= 15 is 0 Å². The van der Waals surface area contributed by atoms with E-state index in [9.17, 15) is 0 Å². The summed E-state index contributed by atoms with van der Waals surface area (Å²) in [6, 6.07) is 14.8. The maximum atomic E-state index is 8.79. The van der Waals surface area contributed by atoms with Crippen molar-refractivity contribution in [1.82, 2.24) is 15.2 Å². The van der Waals surface area contributed by atoms with Crippen molar-refractivity contribution in [3.05, 3.63) is 63.6 Å². The van der Waals surface area contributed by atoms with Gasteiger partial charge in [0.05, 0.1) is 16.7 Å². The zero-order valence-electron chi connectivity index (χ0n) is 11.8. The number of hydrogen-bond donors (Lipinski definition) is 1. The Morgan fingerprint density at radius 1 is 1.13 bits per heavy atom. The van der Waals surface area contributed by atoms with Gasteiger partial charge in [-0.2, -0.15) is 5.26 Å². The van der Waals surface area contributed by atoms with Gasteiger partial charge in [-0.05, 0) is 35.9 Å². The molecular formula is C16H10Cl2N4S. The number of H-pyrrole nitrogens is 1. The van der Waals surface area contributed by atoms with E-state index in [-0.39, 0.29) is 0 Å². The number of thioether (sulfide) groups is 1. The van der Waals surface area contributed by atoms with Crippen LogP contribution in [0, 0.1) is 11.3 Å². The van der Waals surface area contributed by atoms with Gasteiger partial charge in [-0.1, -0.05) is 47.1 Å². The SMILES string of the molecule is N#Cc1ccc(CSc2n[nH]c(-c3ccc(Cl)cc3Cl)n2)cc1. The van der Waals surface area contributed by atoms with Gasteiger partial charge >= 0.3 is 0 Å². The van der Waals surface area contributed by atoms with Crippen molar-refractivity contribution < 1.29 is 0 Å². The smallest absolute Gasteiger partial charge is 0.209 e. The Labute approximate surface area is 147 Å². The number of hydrogen-bond acceptors (Lipinski definition) is 4. The predicted molar refractivity (Wildman–Crippen MR) is 92.6 cm³/mol. The highest BCUT2D eigenvalue weighted by molar-refractivity contribution is 7.98. The largest absolute Gasteiger partial charge is 0.258 e. The molecule has 23 heavy (non-hydrogen) atoms. The molecule has 0 saturated carbocycles. The molecule has 0 aliphatic rings. The number of rotatable bonds is 4. The summed E-state index contributed by atoms with van der Waals surface area (Å²) in [5, 5.41) is 17.6. The first-order chi connectivity index (χ1) is 11.2. The van der Waals surface area contributed by atoms with Gasteiger partial charge in [0.1, 0.15) is 0 Å². The maximum absolute atomic E-state index is 8.79. The van der Waals surface area contributed by atoms with E-state index in [0.29, 0.717) is 26.6 Å². The molecule has 3 aromatic rings. The van der Waals surface area contributed by atoms with Gasteiger partial charge < -0.3 is 0 Å². The van der Waals surface area contributed by atoms with Crippen LogP contribution in [0.25, 0.3) is 11.4 Å². The van der Waals surface area contributed by atoms with Crippen LogP contribution in [-0.4, -0.2) is 15.2 Å². The predicted octanol–water partition coefficient (Wildman–Crippen LogP) is 4.94. The van der Waals surface area contributed by atoms with Gasteiger partial charge in [-0.3, -0.25) is 5.10 Å². The van der Waals surface area contributed by atoms with Gasteiger partial charge in [0.25, 0.3) is 0 Å². The minimum absolute atomic E-state index is 0.525. The first kappa shape index (κ1) is 15.9. The Kier molecular flexibility index (Phi) is 4.87. The van der Waals surface area contributed by atoms with Crippen molar-refractivity contribution in [3.63, 3.8) is 0 Å². The molecule has 7 heteroatoms. The molecule has 0 spiro atoms. The third-order valence-corrected chi connectivity index (χ3v) is 4.57. The van der Waals surface area contributed by atoms with E-state index in [1.54, 1.807) is 30.3 Å². The second kappa shape index (κ2) is 7.05. The Morgan fingerprint density at radius 3 is 2.61 bits per heavy atom. The van der Waals surface area contributed by atoms with Crippen LogP contribution in [0.3, 0.4) is 0 Å². The molecule has 0 saturated heterocycles. The summed E-state index contributed by atoms with van der Waals surface area (Å²) in [5.41, 5.74) is 2.51. The van der Waals surface area contributed by atoms with Crippen LogP contribution in [0.2, 0.25) is 10.0 Å². The number of nitriles is 1. The third-order valence-electron chi connectivity index (χ3n) is 3.10. The average molecular weight is 361 g/mol. The molecule has 0 bridgehead atoms. The monoisotopic (exact) mass is 360 g/mol. The summed E-state index contributed by atoms with van der Waals surface area (Å²) in [6.45, 7) is 0. The van der Waals surface area contributed by atoms with Gasteiger partial charge in [-0.15, -0.1) is 5.10 Å². The first-order valence-corrected chi connectivity index (χ1v) is 8.39. The zero-order valence-corrected chi connectivity index (χ0v) is 14.1. The number of aromatic nitrogens is 3. The molecule has 1 heterocycles. The van der Waals surface area contributed by atoms with Crippen molar-refractivity contribution in [2.24, 2.45) is 0 Å². The van der Waals surface area contributed by atoms with E-state index in [1.807, 2.05) is 12.1 Å². The summed E-state index contributed by atoms with van der Waals surface area (Å²) in [6.07, 6.45) is 0. The van der Waals surface area contributed by atoms with Crippen molar-refractivity contribution in [2.45, 2.75) is 10.9 Å². The van der Waals surface area contributed by atoms with E-state index in [4.69, 9.17) is 28.5 Å². The van der Waals surface area contributed by atoms with Crippen LogP contribution in [0.5, 0.6) is 0 Å². The molecule has 0 fully saturated rings. The summed E-state index contributed by atoms with van der Waals surface area (Å²) in [5.74, 6) is 1.33. The molecule has 0 amide bonds. The standard InChI is InChI=1S/C16H10Cl2N4S/c17-12-5-6-13(14(18)7-12)15-20-16(22-21-15)23-9-11-3-1-10(8-19)2-4-11/h1-7H,9H2,(H,20,21,22). The third kappa shape index (κ3) is 3.85. The Morgan fingerprint density at radius 2 is 1.91 bits per heavy atom. The van der Waals surface area contributed by atoms with Crippen molar-refractivity contribution >= 4 is 35.0 Å². The van der Waals surface area contributed by atoms with Crippen LogP contribution in [0.15, 0.2) is 47.6 Å². The molecule has 3 rings (SSSR count). The number of nitrogens with zero attached hydrogens (tertiary/aromatic N) is 3. The van der Waals surface area contributed by atoms with Gasteiger partial charge in [0.2, 0.25) is 5.16 Å². The lowest BCUT2D eigenvalue weighted by atomic mass is 10.2. The molecule has 0 radical (unpaired) electrons. The molecule has 4 nitrogen and oxygen atoms in total. The minimum atomic E-state index is 0.525. The van der Waals surface area contributed by atoms with Gasteiger partial charge in [0, 0.05) is 16.3 Å². The molecule has 1 N–H and O–H groups in total. The van der Waals surface area contributed by atoms with Crippen LogP contribution in [0.1, 0.15) is 11.1 Å². The summed E-state index contributed by atoms with van der Waals surface area (Å²) < 4.78 is 0. The van der Waals surface area contributed by atoms with E-state index in [1.165, 1.54) is 11.8 Å². The minimum Gasteiger partial charge on any atom is -0.258 e. The number of nitrogens with one attached hydrogen (secondary N) is 1. The highest BCUT2D eigenvalue weighted by Gasteiger charge is 2.10. The Balaban J connectivity index is 1.70. The summed E-state index contributed by atoms with van der Waals surface area (Å²) >= 11 is 13.6.